The minimum absolute atomic E-state index is 0.595. The van der Waals surface area contributed by atoms with Crippen LogP contribution in [0.15, 0.2) is 42.5 Å². The van der Waals surface area contributed by atoms with Crippen LogP contribution in [0, 0.1) is 0 Å². The highest BCUT2D eigenvalue weighted by Crippen LogP contribution is 1.99. The third-order valence-corrected chi connectivity index (χ3v) is 2.01. The Hall–Kier alpha value is -1.12. The molecule has 0 fully saturated rings. The molecule has 0 aromatic heterocycles. The van der Waals surface area contributed by atoms with E-state index in [1.54, 1.807) is 0 Å². The van der Waals surface area contributed by atoms with Crippen molar-refractivity contribution in [3.63, 3.8) is 0 Å². The van der Waals surface area contributed by atoms with E-state index in [9.17, 15) is 0 Å². The molecule has 0 heterocycles. The minimum Gasteiger partial charge on any atom is -0.297 e. The van der Waals surface area contributed by atoms with Gasteiger partial charge in [0.05, 0.1) is 6.61 Å². The van der Waals surface area contributed by atoms with Crippen LogP contribution < -0.4 is 5.48 Å². The Morgan fingerprint density at radius 1 is 1.36 bits per heavy atom. The number of nitrogens with one attached hydrogen (secondary N) is 1. The van der Waals surface area contributed by atoms with E-state index >= 15 is 0 Å². The summed E-state index contributed by atoms with van der Waals surface area (Å²) in [4.78, 5) is 5.28. The van der Waals surface area contributed by atoms with E-state index in [1.807, 2.05) is 30.3 Å². The average molecular weight is 191 g/mol. The van der Waals surface area contributed by atoms with Gasteiger partial charge in [-0.1, -0.05) is 49.4 Å². The molecule has 0 amide bonds. The predicted molar refractivity (Wildman–Crippen MR) is 58.7 cm³/mol. The molecule has 0 unspecified atom stereocenters. The lowest BCUT2D eigenvalue weighted by Gasteiger charge is -2.06. The van der Waals surface area contributed by atoms with Crippen LogP contribution in [0.4, 0.5) is 0 Å². The number of hydrogen-bond acceptors (Lipinski definition) is 2. The van der Waals surface area contributed by atoms with Crippen molar-refractivity contribution in [3.05, 3.63) is 48.0 Å². The van der Waals surface area contributed by atoms with Gasteiger partial charge in [-0.05, 0) is 12.0 Å². The Balaban J connectivity index is 2.13. The minimum atomic E-state index is 0.595. The molecule has 2 nitrogen and oxygen atoms in total. The standard InChI is InChI=1S/C12H17NO/c1-3-11(2)9-13-14-10-12-7-5-4-6-8-12/h4-8,13H,2-3,9-10H2,1H3. The van der Waals surface area contributed by atoms with E-state index in [1.165, 1.54) is 5.56 Å². The van der Waals surface area contributed by atoms with Gasteiger partial charge in [0, 0.05) is 6.54 Å². The number of rotatable bonds is 6. The molecule has 1 aromatic rings. The van der Waals surface area contributed by atoms with E-state index in [-0.39, 0.29) is 0 Å². The fraction of sp³-hybridized carbons (Fsp3) is 0.333. The second-order valence-electron chi connectivity index (χ2n) is 3.20. The van der Waals surface area contributed by atoms with Gasteiger partial charge in [-0.3, -0.25) is 4.84 Å². The normalized spacial score (nSPS) is 10.1. The molecule has 0 saturated heterocycles. The fourth-order valence-corrected chi connectivity index (χ4v) is 0.987. The summed E-state index contributed by atoms with van der Waals surface area (Å²) in [6.07, 6.45) is 0.988. The lowest BCUT2D eigenvalue weighted by Crippen LogP contribution is -2.16. The highest BCUT2D eigenvalue weighted by atomic mass is 16.6. The van der Waals surface area contributed by atoms with Gasteiger partial charge in [-0.25, -0.2) is 0 Å². The fourth-order valence-electron chi connectivity index (χ4n) is 0.987. The van der Waals surface area contributed by atoms with Gasteiger partial charge in [0.1, 0.15) is 0 Å². The summed E-state index contributed by atoms with van der Waals surface area (Å²) in [7, 11) is 0. The number of hydrogen-bond donors (Lipinski definition) is 1. The summed E-state index contributed by atoms with van der Waals surface area (Å²) < 4.78 is 0. The molecule has 0 aliphatic heterocycles. The Bertz CT molecular complexity index is 269. The van der Waals surface area contributed by atoms with Crippen LogP contribution in [0.5, 0.6) is 0 Å². The maximum absolute atomic E-state index is 5.28. The molecule has 1 aromatic carbocycles. The summed E-state index contributed by atoms with van der Waals surface area (Å²) in [6, 6.07) is 10.1. The molecule has 1 N–H and O–H groups in total. The van der Waals surface area contributed by atoms with Gasteiger partial charge in [0.25, 0.3) is 0 Å². The van der Waals surface area contributed by atoms with Gasteiger partial charge in [-0.2, -0.15) is 5.48 Å². The maximum atomic E-state index is 5.28. The van der Waals surface area contributed by atoms with Crippen molar-refractivity contribution in [1.82, 2.24) is 5.48 Å². The third kappa shape index (κ3) is 4.21. The zero-order valence-electron chi connectivity index (χ0n) is 8.62. The maximum Gasteiger partial charge on any atom is 0.0933 e. The summed E-state index contributed by atoms with van der Waals surface area (Å²) in [5.74, 6) is 0. The summed E-state index contributed by atoms with van der Waals surface area (Å²) >= 11 is 0. The Morgan fingerprint density at radius 3 is 2.71 bits per heavy atom. The molecule has 0 spiro atoms. The van der Waals surface area contributed by atoms with Crippen LogP contribution in [0.1, 0.15) is 18.9 Å². The average Bonchev–Trinajstić information content (AvgIpc) is 2.25. The van der Waals surface area contributed by atoms with E-state index < -0.39 is 0 Å². The van der Waals surface area contributed by atoms with E-state index in [0.29, 0.717) is 6.61 Å². The predicted octanol–water partition coefficient (Wildman–Crippen LogP) is 2.67. The number of benzene rings is 1. The first-order valence-corrected chi connectivity index (χ1v) is 4.88. The van der Waals surface area contributed by atoms with Gasteiger partial charge in [-0.15, -0.1) is 0 Å². The molecule has 1 rings (SSSR count). The topological polar surface area (TPSA) is 21.3 Å². The van der Waals surface area contributed by atoms with Crippen molar-refractivity contribution in [1.29, 1.82) is 0 Å². The lowest BCUT2D eigenvalue weighted by molar-refractivity contribution is 0.0334. The van der Waals surface area contributed by atoms with Crippen molar-refractivity contribution in [3.8, 4) is 0 Å². The van der Waals surface area contributed by atoms with Crippen LogP contribution >= 0.6 is 0 Å². The monoisotopic (exact) mass is 191 g/mol. The molecule has 14 heavy (non-hydrogen) atoms. The molecule has 0 radical (unpaired) electrons. The zero-order chi connectivity index (χ0) is 10.2. The van der Waals surface area contributed by atoms with E-state index in [4.69, 9.17) is 4.84 Å². The molecule has 0 aliphatic rings. The van der Waals surface area contributed by atoms with Crippen LogP contribution in [0.3, 0.4) is 0 Å². The van der Waals surface area contributed by atoms with Crippen molar-refractivity contribution < 1.29 is 4.84 Å². The quantitative estimate of drug-likeness (QED) is 0.424. The SMILES string of the molecule is C=C(CC)CNOCc1ccccc1. The molecule has 0 aliphatic carbocycles. The first-order valence-electron chi connectivity index (χ1n) is 4.88. The summed E-state index contributed by atoms with van der Waals surface area (Å²) in [5, 5.41) is 0. The van der Waals surface area contributed by atoms with Crippen molar-refractivity contribution in [2.24, 2.45) is 0 Å². The molecular weight excluding hydrogens is 174 g/mol. The molecule has 0 bridgehead atoms. The summed E-state index contributed by atoms with van der Waals surface area (Å²) in [6.45, 7) is 7.28. The molecule has 0 atom stereocenters. The highest BCUT2D eigenvalue weighted by molar-refractivity contribution is 5.13. The van der Waals surface area contributed by atoms with Gasteiger partial charge < -0.3 is 0 Å². The van der Waals surface area contributed by atoms with Crippen molar-refractivity contribution >= 4 is 0 Å². The van der Waals surface area contributed by atoms with Crippen LogP contribution in [0.25, 0.3) is 0 Å². The molecular formula is C12H17NO. The molecule has 76 valence electrons. The first kappa shape index (κ1) is 11.0. The third-order valence-electron chi connectivity index (χ3n) is 2.01. The Labute approximate surface area is 85.5 Å². The number of hydroxylamine groups is 1. The zero-order valence-corrected chi connectivity index (χ0v) is 8.62. The van der Waals surface area contributed by atoms with Crippen molar-refractivity contribution in [2.75, 3.05) is 6.54 Å². The second kappa shape index (κ2) is 6.35. The molecule has 2 heteroatoms. The summed E-state index contributed by atoms with van der Waals surface area (Å²) in [5.41, 5.74) is 5.20. The second-order valence-corrected chi connectivity index (χ2v) is 3.20. The Kier molecular flexibility index (Phi) is 4.97. The van der Waals surface area contributed by atoms with Crippen molar-refractivity contribution in [2.45, 2.75) is 20.0 Å². The van der Waals surface area contributed by atoms with E-state index in [2.05, 4.69) is 19.0 Å². The Morgan fingerprint density at radius 2 is 2.07 bits per heavy atom. The van der Waals surface area contributed by atoms with Gasteiger partial charge in [0.2, 0.25) is 0 Å². The van der Waals surface area contributed by atoms with Crippen LogP contribution in [-0.4, -0.2) is 6.54 Å². The lowest BCUT2D eigenvalue weighted by atomic mass is 10.2. The van der Waals surface area contributed by atoms with Crippen LogP contribution in [-0.2, 0) is 11.4 Å². The molecule has 0 saturated carbocycles. The smallest absolute Gasteiger partial charge is 0.0933 e. The van der Waals surface area contributed by atoms with Crippen LogP contribution in [0.2, 0.25) is 0 Å². The highest BCUT2D eigenvalue weighted by Gasteiger charge is 1.92. The largest absolute Gasteiger partial charge is 0.297 e. The first-order chi connectivity index (χ1) is 6.83. The van der Waals surface area contributed by atoms with Gasteiger partial charge >= 0.3 is 0 Å². The van der Waals surface area contributed by atoms with Gasteiger partial charge in [0.15, 0.2) is 0 Å². The van der Waals surface area contributed by atoms with E-state index in [0.717, 1.165) is 18.5 Å².